The van der Waals surface area contributed by atoms with Crippen molar-refractivity contribution in [1.29, 1.82) is 0 Å². The molecule has 0 fully saturated rings. The number of carbonyl (C=O) groups is 2. The lowest BCUT2D eigenvalue weighted by Gasteiger charge is -2.31. The van der Waals surface area contributed by atoms with E-state index in [1.165, 1.54) is 11.3 Å². The third kappa shape index (κ3) is 4.52. The number of aliphatic carboxylic acids is 1. The van der Waals surface area contributed by atoms with E-state index in [9.17, 15) is 14.7 Å². The summed E-state index contributed by atoms with van der Waals surface area (Å²) in [5.74, 6) is -0.339. The van der Waals surface area contributed by atoms with Crippen molar-refractivity contribution in [3.05, 3.63) is 95.2 Å². The minimum Gasteiger partial charge on any atom is -0.489 e. The molecule has 0 amide bonds. The fourth-order valence-electron chi connectivity index (χ4n) is 4.93. The number of hydrogen-bond donors (Lipinski definition) is 2. The molecule has 6 nitrogen and oxygen atoms in total. The standard InChI is InChI=1S/C29H28N2O4/c1-18-16-24-22(17-28(32)33)7-5-9-27(24)31(18)29(34)21-10-13-23(14-11-21)35-19(2)25-15-12-20-6-3-4-8-26(20)30-25/h3-11,13-14,16,19,25,30H,12,15,17H2,1-2H3,(H,32,33). The van der Waals surface area contributed by atoms with E-state index in [1.807, 2.05) is 37.3 Å². The molecule has 5 rings (SSSR count). The van der Waals surface area contributed by atoms with Crippen molar-refractivity contribution in [2.45, 2.75) is 45.3 Å². The number of carboxylic acid groups (broad SMARTS) is 1. The molecule has 1 aromatic heterocycles. The summed E-state index contributed by atoms with van der Waals surface area (Å²) < 4.78 is 7.85. The van der Waals surface area contributed by atoms with Crippen LogP contribution in [0.1, 0.15) is 40.5 Å². The fourth-order valence-corrected chi connectivity index (χ4v) is 4.93. The second kappa shape index (κ2) is 9.29. The fraction of sp³-hybridized carbons (Fsp3) is 0.241. The molecule has 0 aliphatic carbocycles. The van der Waals surface area contributed by atoms with Gasteiger partial charge in [0, 0.05) is 22.3 Å². The number of para-hydroxylation sites is 1. The van der Waals surface area contributed by atoms with Gasteiger partial charge in [-0.3, -0.25) is 14.2 Å². The highest BCUT2D eigenvalue weighted by Gasteiger charge is 2.24. The lowest BCUT2D eigenvalue weighted by Crippen LogP contribution is -2.38. The Hall–Kier alpha value is -4.06. The van der Waals surface area contributed by atoms with Crippen LogP contribution in [-0.2, 0) is 17.6 Å². The third-order valence-electron chi connectivity index (χ3n) is 6.74. The number of benzene rings is 3. The molecule has 0 radical (unpaired) electrons. The van der Waals surface area contributed by atoms with Crippen molar-refractivity contribution in [2.24, 2.45) is 0 Å². The predicted octanol–water partition coefficient (Wildman–Crippen LogP) is 5.46. The second-order valence-corrected chi connectivity index (χ2v) is 9.14. The third-order valence-corrected chi connectivity index (χ3v) is 6.74. The normalized spacial score (nSPS) is 15.8. The summed E-state index contributed by atoms with van der Waals surface area (Å²) in [5, 5.41) is 13.6. The Balaban J connectivity index is 1.32. The van der Waals surface area contributed by atoms with Crippen LogP contribution >= 0.6 is 0 Å². The van der Waals surface area contributed by atoms with E-state index in [0.717, 1.165) is 23.9 Å². The van der Waals surface area contributed by atoms with E-state index in [2.05, 4.69) is 30.4 Å². The van der Waals surface area contributed by atoms with Crippen LogP contribution in [0, 0.1) is 6.92 Å². The van der Waals surface area contributed by atoms with Crippen molar-refractivity contribution in [3.63, 3.8) is 0 Å². The van der Waals surface area contributed by atoms with Gasteiger partial charge in [-0.2, -0.15) is 0 Å². The Morgan fingerprint density at radius 1 is 1.09 bits per heavy atom. The lowest BCUT2D eigenvalue weighted by atomic mass is 9.95. The van der Waals surface area contributed by atoms with Crippen molar-refractivity contribution >= 4 is 28.5 Å². The summed E-state index contributed by atoms with van der Waals surface area (Å²) in [6.45, 7) is 3.92. The Morgan fingerprint density at radius 2 is 1.86 bits per heavy atom. The molecule has 3 aromatic carbocycles. The van der Waals surface area contributed by atoms with Gasteiger partial charge in [-0.25, -0.2) is 0 Å². The average molecular weight is 469 g/mol. The molecule has 0 saturated heterocycles. The number of aryl methyl sites for hydroxylation is 2. The lowest BCUT2D eigenvalue weighted by molar-refractivity contribution is -0.136. The minimum atomic E-state index is -0.897. The summed E-state index contributed by atoms with van der Waals surface area (Å²) >= 11 is 0. The molecule has 2 heterocycles. The van der Waals surface area contributed by atoms with Crippen LogP contribution in [0.4, 0.5) is 5.69 Å². The van der Waals surface area contributed by atoms with E-state index in [1.54, 1.807) is 28.8 Å². The van der Waals surface area contributed by atoms with E-state index in [0.29, 0.717) is 22.4 Å². The summed E-state index contributed by atoms with van der Waals surface area (Å²) in [5.41, 5.74) is 5.22. The van der Waals surface area contributed by atoms with Crippen molar-refractivity contribution in [1.82, 2.24) is 4.57 Å². The van der Waals surface area contributed by atoms with Gasteiger partial charge in [0.1, 0.15) is 11.9 Å². The highest BCUT2D eigenvalue weighted by atomic mass is 16.5. The second-order valence-electron chi connectivity index (χ2n) is 9.14. The maximum Gasteiger partial charge on any atom is 0.307 e. The number of hydrogen-bond acceptors (Lipinski definition) is 4. The van der Waals surface area contributed by atoms with Gasteiger partial charge in [0.2, 0.25) is 0 Å². The first-order chi connectivity index (χ1) is 16.9. The molecule has 1 aliphatic heterocycles. The number of ether oxygens (including phenoxy) is 1. The molecule has 4 aromatic rings. The van der Waals surface area contributed by atoms with Gasteiger partial charge < -0.3 is 15.2 Å². The number of aromatic nitrogens is 1. The number of nitrogens with one attached hydrogen (secondary N) is 1. The molecule has 0 saturated carbocycles. The maximum absolute atomic E-state index is 13.4. The van der Waals surface area contributed by atoms with Gasteiger partial charge in [0.25, 0.3) is 5.91 Å². The van der Waals surface area contributed by atoms with E-state index >= 15 is 0 Å². The molecule has 35 heavy (non-hydrogen) atoms. The smallest absolute Gasteiger partial charge is 0.307 e. The Bertz CT molecular complexity index is 1400. The highest BCUT2D eigenvalue weighted by molar-refractivity contribution is 6.04. The molecular weight excluding hydrogens is 440 g/mol. The van der Waals surface area contributed by atoms with Crippen molar-refractivity contribution in [2.75, 3.05) is 5.32 Å². The van der Waals surface area contributed by atoms with Gasteiger partial charge in [0.05, 0.1) is 18.0 Å². The predicted molar refractivity (Wildman–Crippen MR) is 136 cm³/mol. The summed E-state index contributed by atoms with van der Waals surface area (Å²) in [6.07, 6.45) is 1.90. The Morgan fingerprint density at radius 3 is 2.63 bits per heavy atom. The first kappa shape index (κ1) is 22.7. The van der Waals surface area contributed by atoms with Gasteiger partial charge in [-0.15, -0.1) is 0 Å². The molecular formula is C29H28N2O4. The van der Waals surface area contributed by atoms with Crippen LogP contribution in [0.2, 0.25) is 0 Å². The number of rotatable bonds is 6. The van der Waals surface area contributed by atoms with Gasteiger partial charge in [-0.05, 0) is 80.3 Å². The van der Waals surface area contributed by atoms with Crippen LogP contribution in [-0.4, -0.2) is 33.7 Å². The van der Waals surface area contributed by atoms with Gasteiger partial charge in [-0.1, -0.05) is 30.3 Å². The summed E-state index contributed by atoms with van der Waals surface area (Å²) in [7, 11) is 0. The van der Waals surface area contributed by atoms with Crippen LogP contribution in [0.5, 0.6) is 5.75 Å². The minimum absolute atomic E-state index is 0.0341. The molecule has 0 bridgehead atoms. The van der Waals surface area contributed by atoms with Crippen LogP contribution in [0.15, 0.2) is 72.8 Å². The molecule has 2 N–H and O–H groups in total. The Labute approximate surface area is 204 Å². The zero-order chi connectivity index (χ0) is 24.5. The summed E-state index contributed by atoms with van der Waals surface area (Å²) in [4.78, 5) is 24.6. The summed E-state index contributed by atoms with van der Waals surface area (Å²) in [6, 6.07) is 23.1. The topological polar surface area (TPSA) is 80.6 Å². The van der Waals surface area contributed by atoms with Gasteiger partial charge >= 0.3 is 5.97 Å². The molecule has 178 valence electrons. The van der Waals surface area contributed by atoms with Gasteiger partial charge in [0.15, 0.2) is 0 Å². The Kier molecular flexibility index (Phi) is 6.03. The van der Waals surface area contributed by atoms with Crippen molar-refractivity contribution < 1.29 is 19.4 Å². The molecule has 2 unspecified atom stereocenters. The van der Waals surface area contributed by atoms with E-state index < -0.39 is 5.97 Å². The average Bonchev–Trinajstić information content (AvgIpc) is 3.20. The molecule has 0 spiro atoms. The zero-order valence-electron chi connectivity index (χ0n) is 19.8. The van der Waals surface area contributed by atoms with Crippen LogP contribution in [0.25, 0.3) is 10.9 Å². The zero-order valence-corrected chi connectivity index (χ0v) is 19.8. The quantitative estimate of drug-likeness (QED) is 0.393. The van der Waals surface area contributed by atoms with E-state index in [4.69, 9.17) is 4.74 Å². The van der Waals surface area contributed by atoms with E-state index in [-0.39, 0.29) is 24.5 Å². The maximum atomic E-state index is 13.4. The number of anilines is 1. The molecule has 2 atom stereocenters. The van der Waals surface area contributed by atoms with Crippen LogP contribution in [0.3, 0.4) is 0 Å². The molecule has 6 heteroatoms. The largest absolute Gasteiger partial charge is 0.489 e. The number of carbonyl (C=O) groups excluding carboxylic acids is 1. The monoisotopic (exact) mass is 468 g/mol. The number of carboxylic acids is 1. The first-order valence-electron chi connectivity index (χ1n) is 11.9. The number of fused-ring (bicyclic) bond motifs is 2. The SMILES string of the molecule is Cc1cc2c(CC(=O)O)cccc2n1C(=O)c1ccc(OC(C)C2CCc3ccccc3N2)cc1. The number of nitrogens with zero attached hydrogens (tertiary/aromatic N) is 1. The van der Waals surface area contributed by atoms with Crippen molar-refractivity contribution in [3.8, 4) is 5.75 Å². The highest BCUT2D eigenvalue weighted by Crippen LogP contribution is 2.28. The van der Waals surface area contributed by atoms with Crippen LogP contribution < -0.4 is 10.1 Å². The first-order valence-corrected chi connectivity index (χ1v) is 11.9. The molecule has 1 aliphatic rings.